The average molecular weight is 308 g/mol. The SMILES string of the molecule is CCCCN(CCCC)S(=O)(=O)c1cc(C#N)ccc1C. The third kappa shape index (κ3) is 4.55. The number of hydrogen-bond donors (Lipinski definition) is 0. The van der Waals surface area contributed by atoms with Crippen molar-refractivity contribution in [1.29, 1.82) is 5.26 Å². The van der Waals surface area contributed by atoms with Gasteiger partial charge >= 0.3 is 0 Å². The Hall–Kier alpha value is -1.38. The molecule has 0 amide bonds. The highest BCUT2D eigenvalue weighted by Crippen LogP contribution is 2.22. The van der Waals surface area contributed by atoms with Crippen molar-refractivity contribution in [3.05, 3.63) is 29.3 Å². The van der Waals surface area contributed by atoms with Gasteiger partial charge in [-0.05, 0) is 37.5 Å². The highest BCUT2D eigenvalue weighted by molar-refractivity contribution is 7.89. The van der Waals surface area contributed by atoms with E-state index in [1.165, 1.54) is 6.07 Å². The zero-order valence-corrected chi connectivity index (χ0v) is 13.9. The van der Waals surface area contributed by atoms with Gasteiger partial charge in [-0.2, -0.15) is 9.57 Å². The van der Waals surface area contributed by atoms with Gasteiger partial charge in [-0.3, -0.25) is 0 Å². The smallest absolute Gasteiger partial charge is 0.207 e. The molecule has 0 atom stereocenters. The maximum atomic E-state index is 12.8. The van der Waals surface area contributed by atoms with E-state index in [9.17, 15) is 8.42 Å². The summed E-state index contributed by atoms with van der Waals surface area (Å²) in [6.45, 7) is 6.94. The molecule has 21 heavy (non-hydrogen) atoms. The lowest BCUT2D eigenvalue weighted by molar-refractivity contribution is 0.395. The maximum Gasteiger partial charge on any atom is 0.243 e. The molecule has 0 aliphatic heterocycles. The second-order valence-corrected chi connectivity index (χ2v) is 7.11. The third-order valence-corrected chi connectivity index (χ3v) is 5.50. The average Bonchev–Trinajstić information content (AvgIpc) is 2.47. The Kier molecular flexibility index (Phi) is 6.86. The maximum absolute atomic E-state index is 12.8. The van der Waals surface area contributed by atoms with Crippen LogP contribution in [0.25, 0.3) is 0 Å². The standard InChI is InChI=1S/C16H24N2O2S/c1-4-6-10-18(11-7-5-2)21(19,20)16-12-15(13-17)9-8-14(16)3/h8-9,12H,4-7,10-11H2,1-3H3. The fraction of sp³-hybridized carbons (Fsp3) is 0.562. The van der Waals surface area contributed by atoms with Gasteiger partial charge in [-0.1, -0.05) is 32.8 Å². The molecule has 0 fully saturated rings. The van der Waals surface area contributed by atoms with Gasteiger partial charge in [0.15, 0.2) is 0 Å². The number of nitriles is 1. The van der Waals surface area contributed by atoms with Crippen molar-refractivity contribution < 1.29 is 8.42 Å². The molecule has 1 aromatic carbocycles. The van der Waals surface area contributed by atoms with Crippen molar-refractivity contribution in [2.75, 3.05) is 13.1 Å². The molecular formula is C16H24N2O2S. The molecule has 4 nitrogen and oxygen atoms in total. The van der Waals surface area contributed by atoms with Crippen LogP contribution in [-0.2, 0) is 10.0 Å². The largest absolute Gasteiger partial charge is 0.243 e. The number of nitrogens with zero attached hydrogens (tertiary/aromatic N) is 2. The Bertz CT molecular complexity index is 595. The Morgan fingerprint density at radius 1 is 1.14 bits per heavy atom. The van der Waals surface area contributed by atoms with E-state index in [2.05, 4.69) is 0 Å². The van der Waals surface area contributed by atoms with E-state index in [1.54, 1.807) is 23.4 Å². The highest BCUT2D eigenvalue weighted by Gasteiger charge is 2.25. The second-order valence-electron chi connectivity index (χ2n) is 5.20. The number of aryl methyl sites for hydroxylation is 1. The molecule has 0 aliphatic rings. The van der Waals surface area contributed by atoms with E-state index in [1.807, 2.05) is 19.9 Å². The lowest BCUT2D eigenvalue weighted by Crippen LogP contribution is -2.33. The van der Waals surface area contributed by atoms with Crippen LogP contribution in [0.15, 0.2) is 23.1 Å². The summed E-state index contributed by atoms with van der Waals surface area (Å²) < 4.78 is 27.3. The fourth-order valence-corrected chi connectivity index (χ4v) is 3.88. The molecule has 1 rings (SSSR count). The monoisotopic (exact) mass is 308 g/mol. The minimum atomic E-state index is -3.53. The van der Waals surface area contributed by atoms with Crippen LogP contribution >= 0.6 is 0 Å². The van der Waals surface area contributed by atoms with Crippen LogP contribution < -0.4 is 0 Å². The first-order chi connectivity index (χ1) is 9.97. The summed E-state index contributed by atoms with van der Waals surface area (Å²) in [6, 6.07) is 6.84. The minimum Gasteiger partial charge on any atom is -0.207 e. The van der Waals surface area contributed by atoms with Crippen LogP contribution in [0.4, 0.5) is 0 Å². The van der Waals surface area contributed by atoms with E-state index in [4.69, 9.17) is 5.26 Å². The van der Waals surface area contributed by atoms with E-state index in [0.29, 0.717) is 24.2 Å². The summed E-state index contributed by atoms with van der Waals surface area (Å²) in [5.41, 5.74) is 1.07. The second kappa shape index (κ2) is 8.16. The zero-order chi connectivity index (χ0) is 15.9. The summed E-state index contributed by atoms with van der Waals surface area (Å²) in [5, 5.41) is 8.98. The topological polar surface area (TPSA) is 61.2 Å². The molecule has 0 saturated carbocycles. The number of hydrogen-bond acceptors (Lipinski definition) is 3. The first kappa shape index (κ1) is 17.7. The lowest BCUT2D eigenvalue weighted by Gasteiger charge is -2.23. The van der Waals surface area contributed by atoms with Crippen molar-refractivity contribution in [2.24, 2.45) is 0 Å². The van der Waals surface area contributed by atoms with E-state index < -0.39 is 10.0 Å². The van der Waals surface area contributed by atoms with E-state index in [0.717, 1.165) is 25.7 Å². The van der Waals surface area contributed by atoms with Crippen LogP contribution in [0.1, 0.15) is 50.7 Å². The van der Waals surface area contributed by atoms with Gasteiger partial charge in [0.1, 0.15) is 0 Å². The number of unbranched alkanes of at least 4 members (excludes halogenated alkanes) is 2. The summed E-state index contributed by atoms with van der Waals surface area (Å²) in [5.74, 6) is 0. The number of rotatable bonds is 8. The Morgan fingerprint density at radius 2 is 1.71 bits per heavy atom. The number of benzene rings is 1. The van der Waals surface area contributed by atoms with E-state index >= 15 is 0 Å². The van der Waals surface area contributed by atoms with Gasteiger partial charge < -0.3 is 0 Å². The van der Waals surface area contributed by atoms with Gasteiger partial charge in [0.2, 0.25) is 10.0 Å². The van der Waals surface area contributed by atoms with Gasteiger partial charge in [0.05, 0.1) is 16.5 Å². The zero-order valence-electron chi connectivity index (χ0n) is 13.1. The van der Waals surface area contributed by atoms with Crippen molar-refractivity contribution >= 4 is 10.0 Å². The van der Waals surface area contributed by atoms with Crippen molar-refractivity contribution in [3.63, 3.8) is 0 Å². The fourth-order valence-electron chi connectivity index (χ4n) is 2.11. The van der Waals surface area contributed by atoms with Crippen molar-refractivity contribution in [3.8, 4) is 6.07 Å². The summed E-state index contributed by atoms with van der Waals surface area (Å²) >= 11 is 0. The van der Waals surface area contributed by atoms with Gasteiger partial charge in [0.25, 0.3) is 0 Å². The first-order valence-corrected chi connectivity index (χ1v) is 8.92. The molecule has 1 aromatic rings. The number of sulfonamides is 1. The van der Waals surface area contributed by atoms with Gasteiger partial charge in [0, 0.05) is 13.1 Å². The molecular weight excluding hydrogens is 284 g/mol. The Morgan fingerprint density at radius 3 is 2.19 bits per heavy atom. The van der Waals surface area contributed by atoms with Crippen molar-refractivity contribution in [2.45, 2.75) is 51.3 Å². The Labute approximate surface area is 128 Å². The van der Waals surface area contributed by atoms with Crippen LogP contribution in [0, 0.1) is 18.3 Å². The van der Waals surface area contributed by atoms with Crippen LogP contribution in [0.2, 0.25) is 0 Å². The summed E-state index contributed by atoms with van der Waals surface area (Å²) in [4.78, 5) is 0.258. The van der Waals surface area contributed by atoms with E-state index in [-0.39, 0.29) is 4.90 Å². The van der Waals surface area contributed by atoms with Crippen LogP contribution in [0.5, 0.6) is 0 Å². The molecule has 0 unspecified atom stereocenters. The third-order valence-electron chi connectivity index (χ3n) is 3.46. The van der Waals surface area contributed by atoms with Crippen LogP contribution in [-0.4, -0.2) is 25.8 Å². The van der Waals surface area contributed by atoms with Crippen LogP contribution in [0.3, 0.4) is 0 Å². The molecule has 0 heterocycles. The molecule has 0 aliphatic carbocycles. The first-order valence-electron chi connectivity index (χ1n) is 7.48. The molecule has 0 spiro atoms. The molecule has 0 N–H and O–H groups in total. The van der Waals surface area contributed by atoms with Crippen molar-refractivity contribution in [1.82, 2.24) is 4.31 Å². The Balaban J connectivity index is 3.18. The predicted molar refractivity (Wildman–Crippen MR) is 84.5 cm³/mol. The molecule has 0 radical (unpaired) electrons. The highest BCUT2D eigenvalue weighted by atomic mass is 32.2. The predicted octanol–water partition coefficient (Wildman–Crippen LogP) is 3.46. The molecule has 0 bridgehead atoms. The molecule has 5 heteroatoms. The summed E-state index contributed by atoms with van der Waals surface area (Å²) in [6.07, 6.45) is 3.60. The van der Waals surface area contributed by atoms with Gasteiger partial charge in [-0.25, -0.2) is 8.42 Å². The minimum absolute atomic E-state index is 0.258. The lowest BCUT2D eigenvalue weighted by atomic mass is 10.2. The normalized spacial score (nSPS) is 11.6. The molecule has 0 saturated heterocycles. The molecule has 116 valence electrons. The quantitative estimate of drug-likeness (QED) is 0.739. The summed E-state index contributed by atoms with van der Waals surface area (Å²) in [7, 11) is -3.53. The van der Waals surface area contributed by atoms with Gasteiger partial charge in [-0.15, -0.1) is 0 Å². The molecule has 0 aromatic heterocycles.